The van der Waals surface area contributed by atoms with E-state index in [-0.39, 0.29) is 63.7 Å². The van der Waals surface area contributed by atoms with Crippen LogP contribution in [0, 0.1) is 5.82 Å². The quantitative estimate of drug-likeness (QED) is 0.0419. The third kappa shape index (κ3) is 19.7. The van der Waals surface area contributed by atoms with Crippen molar-refractivity contribution >= 4 is 59.3 Å². The number of amides is 6. The third-order valence-electron chi connectivity index (χ3n) is 9.71. The van der Waals surface area contributed by atoms with E-state index in [9.17, 15) is 67.7 Å². The van der Waals surface area contributed by atoms with Crippen LogP contribution >= 0.6 is 0 Å². The van der Waals surface area contributed by atoms with Gasteiger partial charge in [-0.15, -0.1) is 0 Å². The van der Waals surface area contributed by atoms with Crippen molar-refractivity contribution in [3.8, 4) is 0 Å². The summed E-state index contributed by atoms with van der Waals surface area (Å²) in [7, 11) is 0. The number of urea groups is 1. The van der Waals surface area contributed by atoms with Crippen molar-refractivity contribution in [2.45, 2.75) is 81.6 Å². The van der Waals surface area contributed by atoms with Gasteiger partial charge in [-0.3, -0.25) is 28.8 Å². The molecule has 11 N–H and O–H groups in total. The van der Waals surface area contributed by atoms with Crippen LogP contribution in [0.1, 0.15) is 60.0 Å². The fraction of sp³-hybridized carbons (Fsp3) is 0.364. The minimum atomic E-state index is -1.60. The molecule has 0 aliphatic carbocycles. The molecule has 66 heavy (non-hydrogen) atoms. The van der Waals surface area contributed by atoms with E-state index in [1.165, 1.54) is 12.1 Å². The molecule has 2 unspecified atom stereocenters. The summed E-state index contributed by atoms with van der Waals surface area (Å²) in [6, 6.07) is 13.4. The summed E-state index contributed by atoms with van der Waals surface area (Å²) in [5, 5.41) is 54.3. The minimum absolute atomic E-state index is 0.00416. The van der Waals surface area contributed by atoms with Crippen molar-refractivity contribution in [3.05, 3.63) is 107 Å². The average Bonchev–Trinajstić information content (AvgIpc) is 3.27. The van der Waals surface area contributed by atoms with Gasteiger partial charge in [0.25, 0.3) is 5.91 Å². The zero-order valence-corrected chi connectivity index (χ0v) is 35.5. The summed E-state index contributed by atoms with van der Waals surface area (Å²) in [5.74, 6) is -9.77. The van der Waals surface area contributed by atoms with Crippen LogP contribution in [-0.4, -0.2) is 130 Å². The van der Waals surface area contributed by atoms with Crippen molar-refractivity contribution < 1.29 is 72.8 Å². The molecule has 0 bridgehead atoms. The SMILES string of the molecule is O=C(O)CC[C@H](NC(=O)N[C@@H](CCC(=O)CNCCNC(=O)CC[C@@H](NC(=O)C(Cc1ccccc1)NC(=O)C(Cc1ccccc1)NC(=O)c1ccc(F)cc1)C(=O)O)C(=O)O)C(=O)O. The number of benzene rings is 3. The molecule has 0 spiro atoms. The normalized spacial score (nSPS) is 13.0. The van der Waals surface area contributed by atoms with Crippen molar-refractivity contribution in [3.63, 3.8) is 0 Å². The van der Waals surface area contributed by atoms with Crippen LogP contribution in [0.2, 0.25) is 0 Å². The summed E-state index contributed by atoms with van der Waals surface area (Å²) >= 11 is 0. The lowest BCUT2D eigenvalue weighted by Crippen LogP contribution is -2.57. The van der Waals surface area contributed by atoms with Crippen LogP contribution in [-0.2, 0) is 51.2 Å². The van der Waals surface area contributed by atoms with Crippen LogP contribution < -0.4 is 37.2 Å². The van der Waals surface area contributed by atoms with Gasteiger partial charge in [-0.25, -0.2) is 23.6 Å². The summed E-state index contributed by atoms with van der Waals surface area (Å²) in [4.78, 5) is 124. The molecule has 0 saturated carbocycles. The summed E-state index contributed by atoms with van der Waals surface area (Å²) in [6.07, 6.45) is -2.49. The van der Waals surface area contributed by atoms with Gasteiger partial charge in [-0.2, -0.15) is 0 Å². The highest BCUT2D eigenvalue weighted by atomic mass is 19.1. The maximum Gasteiger partial charge on any atom is 0.326 e. The maximum atomic E-state index is 13.9. The fourth-order valence-corrected chi connectivity index (χ4v) is 6.18. The van der Waals surface area contributed by atoms with Crippen LogP contribution in [0.3, 0.4) is 0 Å². The van der Waals surface area contributed by atoms with Crippen LogP contribution in [0.4, 0.5) is 9.18 Å². The summed E-state index contributed by atoms with van der Waals surface area (Å²) < 4.78 is 13.5. The maximum absolute atomic E-state index is 13.9. The highest BCUT2D eigenvalue weighted by molar-refractivity contribution is 5.99. The fourth-order valence-electron chi connectivity index (χ4n) is 6.18. The first-order valence-electron chi connectivity index (χ1n) is 20.6. The van der Waals surface area contributed by atoms with E-state index < -0.39 is 108 Å². The number of hydrogen-bond donors (Lipinski definition) is 11. The van der Waals surface area contributed by atoms with E-state index in [0.29, 0.717) is 11.1 Å². The first-order valence-corrected chi connectivity index (χ1v) is 20.6. The predicted octanol–water partition coefficient (Wildman–Crippen LogP) is 0.369. The van der Waals surface area contributed by atoms with Gasteiger partial charge in [0.05, 0.1) is 6.54 Å². The van der Waals surface area contributed by atoms with Gasteiger partial charge in [0.15, 0.2) is 0 Å². The standard InChI is InChI=1S/C44H52FN7O14/c45-29-13-11-28(12-14-29)38(57)49-34(23-26-7-3-1-4-8-26)40(59)50-35(24-27-9-5-2-6-10-27)39(58)48-31(41(60)61)17-19-36(54)47-22-21-46-25-30(53)15-16-32(42(62)63)51-44(66)52-33(43(64)65)18-20-37(55)56/h1-14,31-35,46H,15-25H2,(H,47,54)(H,48,58)(H,49,57)(H,50,59)(H,55,56)(H,60,61)(H,62,63)(H,64,65)(H2,51,52,66)/t31-,32+,33+,34?,35?/m1/s1. The second-order valence-corrected chi connectivity index (χ2v) is 14.8. The number of ketones is 1. The molecule has 3 aromatic carbocycles. The molecule has 5 atom stereocenters. The minimum Gasteiger partial charge on any atom is -0.481 e. The van der Waals surface area contributed by atoms with Crippen molar-refractivity contribution in [1.82, 2.24) is 37.2 Å². The van der Waals surface area contributed by atoms with Gasteiger partial charge < -0.3 is 57.6 Å². The molecule has 354 valence electrons. The number of carbonyl (C=O) groups excluding carboxylic acids is 6. The Morgan fingerprint density at radius 3 is 1.45 bits per heavy atom. The number of carbonyl (C=O) groups is 10. The molecule has 0 aromatic heterocycles. The van der Waals surface area contributed by atoms with Gasteiger partial charge in [0.2, 0.25) is 17.7 Å². The Balaban J connectivity index is 1.52. The monoisotopic (exact) mass is 921 g/mol. The van der Waals surface area contributed by atoms with Gasteiger partial charge >= 0.3 is 29.9 Å². The smallest absolute Gasteiger partial charge is 0.326 e. The molecule has 3 rings (SSSR count). The molecule has 6 amide bonds. The topological polar surface area (TPSA) is 336 Å². The molecule has 0 saturated heterocycles. The number of Topliss-reactive ketones (excluding diaryl/α,β-unsaturated/α-hetero) is 1. The van der Waals surface area contributed by atoms with Crippen molar-refractivity contribution in [1.29, 1.82) is 0 Å². The Morgan fingerprint density at radius 1 is 0.500 bits per heavy atom. The van der Waals surface area contributed by atoms with Crippen LogP contribution in [0.25, 0.3) is 0 Å². The summed E-state index contributed by atoms with van der Waals surface area (Å²) in [5.41, 5.74) is 1.36. The first-order chi connectivity index (χ1) is 31.4. The van der Waals surface area contributed by atoms with E-state index in [1.807, 2.05) is 10.6 Å². The molecule has 0 aliphatic rings. The molecular formula is C44H52FN7O14. The molecule has 0 aliphatic heterocycles. The van der Waals surface area contributed by atoms with Crippen molar-refractivity contribution in [2.24, 2.45) is 0 Å². The highest BCUT2D eigenvalue weighted by Gasteiger charge is 2.31. The highest BCUT2D eigenvalue weighted by Crippen LogP contribution is 2.11. The Labute approximate surface area is 377 Å². The van der Waals surface area contributed by atoms with Gasteiger partial charge in [-0.05, 0) is 54.7 Å². The number of halogens is 1. The lowest BCUT2D eigenvalue weighted by Gasteiger charge is -2.25. The van der Waals surface area contributed by atoms with Gasteiger partial charge in [0.1, 0.15) is 41.8 Å². The van der Waals surface area contributed by atoms with Gasteiger partial charge in [0, 0.05) is 50.8 Å². The number of carboxylic acid groups (broad SMARTS) is 4. The van der Waals surface area contributed by atoms with E-state index in [1.54, 1.807) is 60.7 Å². The number of rotatable bonds is 29. The largest absolute Gasteiger partial charge is 0.481 e. The number of carboxylic acids is 4. The zero-order valence-electron chi connectivity index (χ0n) is 35.5. The summed E-state index contributed by atoms with van der Waals surface area (Å²) in [6.45, 7) is -0.218. The molecule has 0 heterocycles. The van der Waals surface area contributed by atoms with Crippen LogP contribution in [0.5, 0.6) is 0 Å². The lowest BCUT2D eigenvalue weighted by atomic mass is 10.0. The molecule has 21 nitrogen and oxygen atoms in total. The molecule has 0 radical (unpaired) electrons. The van der Waals surface area contributed by atoms with E-state index in [0.717, 1.165) is 12.1 Å². The molecular weight excluding hydrogens is 870 g/mol. The Bertz CT molecular complexity index is 2160. The van der Waals surface area contributed by atoms with E-state index in [2.05, 4.69) is 26.6 Å². The second-order valence-electron chi connectivity index (χ2n) is 14.8. The zero-order chi connectivity index (χ0) is 48.6. The second kappa shape index (κ2) is 27.4. The van der Waals surface area contributed by atoms with Crippen LogP contribution in [0.15, 0.2) is 84.9 Å². The Kier molecular flexibility index (Phi) is 21.9. The Morgan fingerprint density at radius 2 is 0.955 bits per heavy atom. The van der Waals surface area contributed by atoms with E-state index >= 15 is 0 Å². The molecule has 0 fully saturated rings. The van der Waals surface area contributed by atoms with Gasteiger partial charge in [-0.1, -0.05) is 60.7 Å². The predicted molar refractivity (Wildman–Crippen MR) is 230 cm³/mol. The molecule has 3 aromatic rings. The van der Waals surface area contributed by atoms with E-state index in [4.69, 9.17) is 5.11 Å². The first kappa shape index (κ1) is 52.6. The lowest BCUT2D eigenvalue weighted by molar-refractivity contribution is -0.143. The van der Waals surface area contributed by atoms with Crippen molar-refractivity contribution in [2.75, 3.05) is 19.6 Å². The average molecular weight is 922 g/mol. The number of aliphatic carboxylic acids is 4. The molecule has 22 heteroatoms. The number of hydrogen-bond acceptors (Lipinski definition) is 11. The third-order valence-corrected chi connectivity index (χ3v) is 9.71. The number of nitrogens with one attached hydrogen (secondary N) is 7. The Hall–Kier alpha value is -7.75.